The number of hydrogen-bond acceptors (Lipinski definition) is 4. The molecular weight excluding hydrogens is 520 g/mol. The number of sulfonamides is 1. The maximum Gasteiger partial charge on any atom is 0.244 e. The first-order valence-corrected chi connectivity index (χ1v) is 12.7. The Morgan fingerprint density at radius 2 is 1.79 bits per heavy atom. The summed E-state index contributed by atoms with van der Waals surface area (Å²) < 4.78 is 55.6. The van der Waals surface area contributed by atoms with Gasteiger partial charge in [-0.25, -0.2) is 17.2 Å². The number of rotatable bonds is 4. The Bertz CT molecular complexity index is 1230. The van der Waals surface area contributed by atoms with E-state index in [0.717, 1.165) is 23.8 Å². The minimum atomic E-state index is -3.88. The number of carbonyl (C=O) groups excluding carboxylic acids is 2. The zero-order chi connectivity index (χ0) is 23.9. The highest BCUT2D eigenvalue weighted by atomic mass is 79.9. The molecule has 0 aliphatic carbocycles. The van der Waals surface area contributed by atoms with E-state index in [0.29, 0.717) is 23.1 Å². The Morgan fingerprint density at radius 1 is 1.09 bits per heavy atom. The van der Waals surface area contributed by atoms with E-state index >= 15 is 0 Å². The lowest BCUT2D eigenvalue weighted by atomic mass is 9.97. The van der Waals surface area contributed by atoms with Crippen LogP contribution in [0.2, 0.25) is 0 Å². The molecule has 2 aliphatic rings. The maximum atomic E-state index is 13.8. The van der Waals surface area contributed by atoms with E-state index in [1.54, 1.807) is 11.0 Å². The topological polar surface area (TPSA) is 86.8 Å². The molecule has 0 bridgehead atoms. The van der Waals surface area contributed by atoms with Crippen molar-refractivity contribution in [2.75, 3.05) is 29.9 Å². The number of benzene rings is 2. The first-order chi connectivity index (χ1) is 15.6. The molecule has 0 atom stereocenters. The predicted octanol–water partition coefficient (Wildman–Crippen LogP) is 3.68. The number of fused-ring (bicyclic) bond motifs is 1. The Kier molecular flexibility index (Phi) is 6.56. The van der Waals surface area contributed by atoms with Gasteiger partial charge in [-0.3, -0.25) is 9.59 Å². The van der Waals surface area contributed by atoms with Gasteiger partial charge in [0.25, 0.3) is 0 Å². The van der Waals surface area contributed by atoms with Gasteiger partial charge in [0.2, 0.25) is 21.8 Å². The average molecular weight is 542 g/mol. The fourth-order valence-electron chi connectivity index (χ4n) is 4.24. The van der Waals surface area contributed by atoms with Crippen LogP contribution in [0.15, 0.2) is 39.7 Å². The quantitative estimate of drug-likeness (QED) is 0.639. The van der Waals surface area contributed by atoms with Crippen LogP contribution in [0, 0.1) is 17.6 Å². The molecule has 2 aromatic carbocycles. The van der Waals surface area contributed by atoms with Crippen molar-refractivity contribution in [1.29, 1.82) is 0 Å². The van der Waals surface area contributed by atoms with Crippen molar-refractivity contribution in [1.82, 2.24) is 4.31 Å². The maximum absolute atomic E-state index is 13.8. The molecule has 2 aromatic rings. The molecule has 0 spiro atoms. The van der Waals surface area contributed by atoms with Gasteiger partial charge in [0, 0.05) is 48.7 Å². The van der Waals surface area contributed by atoms with E-state index in [1.807, 2.05) is 0 Å². The number of halogens is 3. The summed E-state index contributed by atoms with van der Waals surface area (Å²) in [6.45, 7) is 2.15. The lowest BCUT2D eigenvalue weighted by Gasteiger charge is -2.31. The van der Waals surface area contributed by atoms with Crippen LogP contribution in [0.1, 0.15) is 25.3 Å². The Hall–Kier alpha value is -2.37. The van der Waals surface area contributed by atoms with Crippen LogP contribution in [0.3, 0.4) is 0 Å². The third kappa shape index (κ3) is 4.67. The molecule has 4 rings (SSSR count). The molecule has 33 heavy (non-hydrogen) atoms. The largest absolute Gasteiger partial charge is 0.323 e. The first-order valence-electron chi connectivity index (χ1n) is 10.4. The third-order valence-electron chi connectivity index (χ3n) is 6.04. The van der Waals surface area contributed by atoms with Crippen LogP contribution < -0.4 is 10.2 Å². The van der Waals surface area contributed by atoms with Crippen LogP contribution >= 0.6 is 15.9 Å². The summed E-state index contributed by atoms with van der Waals surface area (Å²) in [6, 6.07) is 6.05. The number of piperidine rings is 1. The van der Waals surface area contributed by atoms with Crippen LogP contribution in [-0.2, 0) is 26.0 Å². The van der Waals surface area contributed by atoms with Gasteiger partial charge in [-0.05, 0) is 65.0 Å². The summed E-state index contributed by atoms with van der Waals surface area (Å²) in [6.07, 6.45) is 1.13. The van der Waals surface area contributed by atoms with Gasteiger partial charge in [0.05, 0.1) is 10.6 Å². The summed E-state index contributed by atoms with van der Waals surface area (Å²) in [4.78, 5) is 26.1. The number of nitrogens with zero attached hydrogens (tertiary/aromatic N) is 2. The summed E-state index contributed by atoms with van der Waals surface area (Å²) in [5, 5.41) is 2.39. The van der Waals surface area contributed by atoms with Crippen LogP contribution in [0.4, 0.5) is 20.2 Å². The van der Waals surface area contributed by atoms with Crippen LogP contribution in [0.25, 0.3) is 0 Å². The number of anilines is 2. The van der Waals surface area contributed by atoms with E-state index in [2.05, 4.69) is 21.2 Å². The van der Waals surface area contributed by atoms with Gasteiger partial charge in [-0.2, -0.15) is 4.31 Å². The molecule has 1 N–H and O–H groups in total. The molecule has 0 saturated carbocycles. The molecule has 2 amide bonds. The minimum Gasteiger partial charge on any atom is -0.323 e. The van der Waals surface area contributed by atoms with Crippen molar-refractivity contribution in [3.05, 3.63) is 52.0 Å². The van der Waals surface area contributed by atoms with Crippen molar-refractivity contribution in [3.8, 4) is 0 Å². The fourth-order valence-corrected chi connectivity index (χ4v) is 6.78. The number of nitrogens with one attached hydrogen (secondary N) is 1. The molecule has 2 aliphatic heterocycles. The van der Waals surface area contributed by atoms with Crippen molar-refractivity contribution >= 4 is 49.1 Å². The molecule has 1 fully saturated rings. The molecule has 7 nitrogen and oxygen atoms in total. The fraction of sp³-hybridized carbons (Fsp3) is 0.364. The van der Waals surface area contributed by atoms with E-state index < -0.39 is 33.5 Å². The van der Waals surface area contributed by atoms with E-state index in [4.69, 9.17) is 0 Å². The summed E-state index contributed by atoms with van der Waals surface area (Å²) >= 11 is 3.35. The van der Waals surface area contributed by atoms with Crippen molar-refractivity contribution < 1.29 is 26.8 Å². The summed E-state index contributed by atoms with van der Waals surface area (Å²) in [7, 11) is -3.88. The molecule has 0 unspecified atom stereocenters. The second-order valence-corrected chi connectivity index (χ2v) is 10.9. The summed E-state index contributed by atoms with van der Waals surface area (Å²) in [5.74, 6) is -2.58. The molecule has 1 saturated heterocycles. The van der Waals surface area contributed by atoms with Gasteiger partial charge in [-0.15, -0.1) is 0 Å². The number of amides is 2. The molecule has 2 heterocycles. The van der Waals surface area contributed by atoms with Gasteiger partial charge >= 0.3 is 0 Å². The number of hydrogen-bond donors (Lipinski definition) is 1. The van der Waals surface area contributed by atoms with E-state index in [1.165, 1.54) is 17.3 Å². The molecule has 0 radical (unpaired) electrons. The Balaban J connectivity index is 1.47. The Morgan fingerprint density at radius 3 is 2.45 bits per heavy atom. The molecule has 176 valence electrons. The highest BCUT2D eigenvalue weighted by Gasteiger charge is 2.35. The minimum absolute atomic E-state index is 0.0686. The molecular formula is C22H22BrF2N3O4S. The molecule has 11 heteroatoms. The highest BCUT2D eigenvalue weighted by Crippen LogP contribution is 2.37. The first kappa shape index (κ1) is 23.8. The predicted molar refractivity (Wildman–Crippen MR) is 122 cm³/mol. The number of carbonyl (C=O) groups is 2. The van der Waals surface area contributed by atoms with Crippen molar-refractivity contribution in [3.63, 3.8) is 0 Å². The lowest BCUT2D eigenvalue weighted by Crippen LogP contribution is -2.41. The zero-order valence-corrected chi connectivity index (χ0v) is 20.2. The zero-order valence-electron chi connectivity index (χ0n) is 17.8. The van der Waals surface area contributed by atoms with E-state index in [-0.39, 0.29) is 42.4 Å². The monoisotopic (exact) mass is 541 g/mol. The smallest absolute Gasteiger partial charge is 0.244 e. The standard InChI is InChI=1S/C22H22BrF2N3O4S/c1-13(29)28-9-6-15-10-17(23)21(12-20(15)28)33(31,32)27-7-4-14(5-8-27)22(30)26-19-11-16(24)2-3-18(19)25/h2-3,10-12,14H,4-9H2,1H3,(H,26,30). The van der Waals surface area contributed by atoms with Gasteiger partial charge in [0.15, 0.2) is 0 Å². The second-order valence-electron chi connectivity index (χ2n) is 8.12. The second kappa shape index (κ2) is 9.11. The lowest BCUT2D eigenvalue weighted by molar-refractivity contribution is -0.121. The van der Waals surface area contributed by atoms with Crippen LogP contribution in [-0.4, -0.2) is 44.2 Å². The average Bonchev–Trinajstić information content (AvgIpc) is 3.18. The van der Waals surface area contributed by atoms with Gasteiger partial charge in [-0.1, -0.05) is 0 Å². The van der Waals surface area contributed by atoms with Gasteiger partial charge < -0.3 is 10.2 Å². The van der Waals surface area contributed by atoms with Crippen LogP contribution in [0.5, 0.6) is 0 Å². The normalized spacial score (nSPS) is 17.2. The van der Waals surface area contributed by atoms with Gasteiger partial charge in [0.1, 0.15) is 11.6 Å². The third-order valence-corrected chi connectivity index (χ3v) is 8.89. The van der Waals surface area contributed by atoms with Crippen molar-refractivity contribution in [2.45, 2.75) is 31.1 Å². The Labute approximate surface area is 198 Å². The highest BCUT2D eigenvalue weighted by molar-refractivity contribution is 9.10. The van der Waals surface area contributed by atoms with Crippen molar-refractivity contribution in [2.24, 2.45) is 5.92 Å². The summed E-state index contributed by atoms with van der Waals surface area (Å²) in [5.41, 5.74) is 1.25. The van der Waals surface area contributed by atoms with E-state index in [9.17, 15) is 26.8 Å². The SMILES string of the molecule is CC(=O)N1CCc2cc(Br)c(S(=O)(=O)N3CCC(C(=O)Nc4cc(F)ccc4F)CC3)cc21. The molecule has 0 aromatic heterocycles.